The van der Waals surface area contributed by atoms with Crippen LogP contribution in [0.1, 0.15) is 11.3 Å². The lowest BCUT2D eigenvalue weighted by Gasteiger charge is -2.13. The molecule has 1 aromatic heterocycles. The molecule has 0 amide bonds. The molecule has 18 heavy (non-hydrogen) atoms. The Balaban J connectivity index is 1.87. The summed E-state index contributed by atoms with van der Waals surface area (Å²) in [5.41, 5.74) is 2.12. The Hall–Kier alpha value is -2.01. The number of aromatic nitrogens is 1. The van der Waals surface area contributed by atoms with Crippen LogP contribution >= 0.6 is 0 Å². The Morgan fingerprint density at radius 3 is 2.89 bits per heavy atom. The average molecular weight is 248 g/mol. The van der Waals surface area contributed by atoms with E-state index in [1.165, 1.54) is 6.20 Å². The summed E-state index contributed by atoms with van der Waals surface area (Å²) in [5, 5.41) is 13.0. The molecule has 1 heterocycles. The number of aromatic amines is 1. The summed E-state index contributed by atoms with van der Waals surface area (Å²) in [4.78, 5) is 13.2. The van der Waals surface area contributed by atoms with E-state index < -0.39 is 11.9 Å². The maximum absolute atomic E-state index is 10.8. The molecule has 1 aromatic carbocycles. The zero-order chi connectivity index (χ0) is 13.0. The minimum atomic E-state index is -0.608. The van der Waals surface area contributed by atoms with Gasteiger partial charge in [0.15, 0.2) is 0 Å². The molecule has 0 saturated heterocycles. The number of oxazole rings is 1. The average Bonchev–Trinajstić information content (AvgIpc) is 2.74. The van der Waals surface area contributed by atoms with Gasteiger partial charge in [-0.3, -0.25) is 4.98 Å². The Labute approximate surface area is 104 Å². The first kappa shape index (κ1) is 12.4. The highest BCUT2D eigenvalue weighted by Crippen LogP contribution is 2.13. The number of nitrogens with one attached hydrogen (secondary N) is 2. The maximum Gasteiger partial charge on any atom is 0.416 e. The van der Waals surface area contributed by atoms with Gasteiger partial charge in [0.1, 0.15) is 5.76 Å². The molecule has 5 nitrogen and oxygen atoms in total. The molecule has 0 spiro atoms. The third-order valence-corrected chi connectivity index (χ3v) is 2.68. The van der Waals surface area contributed by atoms with E-state index in [1.54, 1.807) is 0 Å². The number of rotatable bonds is 5. The highest BCUT2D eigenvalue weighted by atomic mass is 16.4. The standard InChI is InChI=1S/C13H16N2O3/c1-9-4-2-3-5-12(9)14-7-10(16)6-11-8-15-13(17)18-11/h2-5,8,10,14,16H,6-7H2,1H3,(H,15,17). The summed E-state index contributed by atoms with van der Waals surface area (Å²) < 4.78 is 4.83. The normalized spacial score (nSPS) is 12.3. The summed E-state index contributed by atoms with van der Waals surface area (Å²) in [6.45, 7) is 2.40. The van der Waals surface area contributed by atoms with Gasteiger partial charge in [-0.15, -0.1) is 0 Å². The van der Waals surface area contributed by atoms with Crippen molar-refractivity contribution >= 4 is 5.69 Å². The van der Waals surface area contributed by atoms with E-state index in [1.807, 2.05) is 31.2 Å². The van der Waals surface area contributed by atoms with Gasteiger partial charge in [0.05, 0.1) is 6.10 Å². The van der Waals surface area contributed by atoms with Crippen molar-refractivity contribution in [3.63, 3.8) is 0 Å². The van der Waals surface area contributed by atoms with E-state index in [-0.39, 0.29) is 0 Å². The maximum atomic E-state index is 10.8. The number of benzene rings is 1. The first-order chi connectivity index (χ1) is 8.65. The van der Waals surface area contributed by atoms with Gasteiger partial charge in [0.25, 0.3) is 0 Å². The molecule has 0 aliphatic heterocycles. The van der Waals surface area contributed by atoms with Crippen LogP contribution in [0.15, 0.2) is 39.7 Å². The topological polar surface area (TPSA) is 78.3 Å². The second-order valence-corrected chi connectivity index (χ2v) is 4.20. The lowest BCUT2D eigenvalue weighted by atomic mass is 10.2. The molecular formula is C13H16N2O3. The predicted molar refractivity (Wildman–Crippen MR) is 68.7 cm³/mol. The Bertz CT molecular complexity index is 559. The van der Waals surface area contributed by atoms with Crippen LogP contribution in [-0.2, 0) is 6.42 Å². The number of aliphatic hydroxyl groups excluding tert-OH is 1. The van der Waals surface area contributed by atoms with E-state index in [4.69, 9.17) is 4.42 Å². The second kappa shape index (κ2) is 5.55. The van der Waals surface area contributed by atoms with Crippen LogP contribution in [0.3, 0.4) is 0 Å². The monoisotopic (exact) mass is 248 g/mol. The lowest BCUT2D eigenvalue weighted by molar-refractivity contribution is 0.179. The molecule has 0 bridgehead atoms. The lowest BCUT2D eigenvalue weighted by Crippen LogP contribution is -2.22. The van der Waals surface area contributed by atoms with Crippen LogP contribution in [-0.4, -0.2) is 22.7 Å². The van der Waals surface area contributed by atoms with E-state index in [0.717, 1.165) is 11.3 Å². The van der Waals surface area contributed by atoms with Crippen LogP contribution in [0.5, 0.6) is 0 Å². The summed E-state index contributed by atoms with van der Waals surface area (Å²) in [7, 11) is 0. The first-order valence-corrected chi connectivity index (χ1v) is 5.80. The second-order valence-electron chi connectivity index (χ2n) is 4.20. The van der Waals surface area contributed by atoms with Crippen LogP contribution in [0.2, 0.25) is 0 Å². The van der Waals surface area contributed by atoms with Crippen molar-refractivity contribution < 1.29 is 9.52 Å². The summed E-state index contributed by atoms with van der Waals surface area (Å²) >= 11 is 0. The molecule has 2 rings (SSSR count). The number of anilines is 1. The fourth-order valence-corrected chi connectivity index (χ4v) is 1.72. The summed E-state index contributed by atoms with van der Waals surface area (Å²) in [6.07, 6.45) is 1.17. The smallest absolute Gasteiger partial charge is 0.413 e. The fraction of sp³-hybridized carbons (Fsp3) is 0.308. The van der Waals surface area contributed by atoms with Crippen molar-refractivity contribution in [2.24, 2.45) is 0 Å². The molecule has 1 atom stereocenters. The van der Waals surface area contributed by atoms with Gasteiger partial charge in [0, 0.05) is 24.8 Å². The molecule has 3 N–H and O–H groups in total. The third kappa shape index (κ3) is 3.24. The molecule has 1 unspecified atom stereocenters. The summed E-state index contributed by atoms with van der Waals surface area (Å²) in [5.74, 6) is -0.0388. The molecule has 0 aliphatic rings. The molecule has 5 heteroatoms. The molecule has 0 saturated carbocycles. The van der Waals surface area contributed by atoms with Gasteiger partial charge in [-0.05, 0) is 18.6 Å². The molecule has 0 aliphatic carbocycles. The van der Waals surface area contributed by atoms with E-state index >= 15 is 0 Å². The van der Waals surface area contributed by atoms with Gasteiger partial charge < -0.3 is 14.8 Å². The Morgan fingerprint density at radius 1 is 1.44 bits per heavy atom. The van der Waals surface area contributed by atoms with E-state index in [0.29, 0.717) is 18.7 Å². The minimum Gasteiger partial charge on any atom is -0.413 e. The van der Waals surface area contributed by atoms with E-state index in [9.17, 15) is 9.90 Å². The number of hydrogen-bond acceptors (Lipinski definition) is 4. The molecule has 96 valence electrons. The predicted octanol–water partition coefficient (Wildman–Crippen LogP) is 1.29. The van der Waals surface area contributed by atoms with Crippen molar-refractivity contribution in [3.05, 3.63) is 52.3 Å². The Morgan fingerprint density at radius 2 is 2.22 bits per heavy atom. The zero-order valence-corrected chi connectivity index (χ0v) is 10.1. The number of H-pyrrole nitrogens is 1. The highest BCUT2D eigenvalue weighted by molar-refractivity contribution is 5.50. The van der Waals surface area contributed by atoms with Gasteiger partial charge in [-0.25, -0.2) is 4.79 Å². The zero-order valence-electron chi connectivity index (χ0n) is 10.1. The summed E-state index contributed by atoms with van der Waals surface area (Å²) in [6, 6.07) is 7.86. The van der Waals surface area contributed by atoms with Crippen LogP contribution in [0.4, 0.5) is 5.69 Å². The molecule has 2 aromatic rings. The number of aliphatic hydroxyl groups is 1. The first-order valence-electron chi connectivity index (χ1n) is 5.80. The molecular weight excluding hydrogens is 232 g/mol. The van der Waals surface area contributed by atoms with Crippen molar-refractivity contribution in [1.82, 2.24) is 4.98 Å². The van der Waals surface area contributed by atoms with Gasteiger partial charge in [-0.1, -0.05) is 18.2 Å². The largest absolute Gasteiger partial charge is 0.416 e. The molecule has 0 fully saturated rings. The fourth-order valence-electron chi connectivity index (χ4n) is 1.72. The number of para-hydroxylation sites is 1. The quantitative estimate of drug-likeness (QED) is 0.745. The van der Waals surface area contributed by atoms with Crippen molar-refractivity contribution in [2.75, 3.05) is 11.9 Å². The minimum absolute atomic E-state index is 0.303. The van der Waals surface area contributed by atoms with Gasteiger partial charge >= 0.3 is 5.76 Å². The highest BCUT2D eigenvalue weighted by Gasteiger charge is 2.09. The van der Waals surface area contributed by atoms with Crippen molar-refractivity contribution in [1.29, 1.82) is 0 Å². The van der Waals surface area contributed by atoms with Crippen LogP contribution in [0, 0.1) is 6.92 Å². The van der Waals surface area contributed by atoms with Gasteiger partial charge in [-0.2, -0.15) is 0 Å². The SMILES string of the molecule is Cc1ccccc1NCC(O)Cc1c[nH]c(=O)o1. The number of aryl methyl sites for hydroxylation is 1. The van der Waals surface area contributed by atoms with Gasteiger partial charge in [0.2, 0.25) is 0 Å². The van der Waals surface area contributed by atoms with Crippen LogP contribution < -0.4 is 11.1 Å². The van der Waals surface area contributed by atoms with Crippen molar-refractivity contribution in [3.8, 4) is 0 Å². The molecule has 0 radical (unpaired) electrons. The third-order valence-electron chi connectivity index (χ3n) is 2.68. The van der Waals surface area contributed by atoms with Crippen molar-refractivity contribution in [2.45, 2.75) is 19.4 Å². The number of hydrogen-bond donors (Lipinski definition) is 3. The van der Waals surface area contributed by atoms with Crippen LogP contribution in [0.25, 0.3) is 0 Å². The van der Waals surface area contributed by atoms with E-state index in [2.05, 4.69) is 10.3 Å². The Kier molecular flexibility index (Phi) is 3.84.